The van der Waals surface area contributed by atoms with Crippen LogP contribution in [0.25, 0.3) is 0 Å². The zero-order chi connectivity index (χ0) is 43.0. The minimum Gasteiger partial charge on any atom is -0.497 e. The van der Waals surface area contributed by atoms with E-state index in [1.807, 2.05) is 90.8 Å². The first kappa shape index (κ1) is 44.7. The quantitative estimate of drug-likeness (QED) is 0.0600. The van der Waals surface area contributed by atoms with Crippen molar-refractivity contribution >= 4 is 20.2 Å². The molecule has 60 heavy (non-hydrogen) atoms. The summed E-state index contributed by atoms with van der Waals surface area (Å²) in [6.45, 7) is 10.9. The molecule has 0 amide bonds. The molecule has 14 nitrogen and oxygen atoms in total. The second-order valence-corrected chi connectivity index (χ2v) is 16.9. The van der Waals surface area contributed by atoms with Crippen molar-refractivity contribution in [2.75, 3.05) is 41.0 Å². The molecule has 0 spiro atoms. The number of ether oxygens (including phenoxy) is 4. The Morgan fingerprint density at radius 1 is 0.950 bits per heavy atom. The van der Waals surface area contributed by atoms with Crippen LogP contribution in [0.15, 0.2) is 93.4 Å². The Morgan fingerprint density at radius 3 is 2.08 bits per heavy atom. The first-order valence-electron chi connectivity index (χ1n) is 20.4. The Morgan fingerprint density at radius 2 is 1.55 bits per heavy atom. The molecule has 4 atom stereocenters. The summed E-state index contributed by atoms with van der Waals surface area (Å²) >= 11 is 0. The molecule has 2 fully saturated rings. The van der Waals surface area contributed by atoms with Gasteiger partial charge in [0.05, 0.1) is 51.6 Å². The number of likely N-dealkylation sites (tertiary alicyclic amines) is 1. The normalized spacial score (nSPS) is 19.4. The van der Waals surface area contributed by atoms with Gasteiger partial charge in [-0.1, -0.05) is 54.6 Å². The van der Waals surface area contributed by atoms with Crippen molar-refractivity contribution in [3.05, 3.63) is 122 Å². The topological polar surface area (TPSA) is 153 Å². The lowest BCUT2D eigenvalue weighted by atomic mass is 9.80. The van der Waals surface area contributed by atoms with E-state index < -0.39 is 43.8 Å². The number of rotatable bonds is 18. The van der Waals surface area contributed by atoms with E-state index in [1.165, 1.54) is 0 Å². The van der Waals surface area contributed by atoms with Gasteiger partial charge in [0.15, 0.2) is 0 Å². The standard InChI is InChI=1S/C45H57N6O8P/c1-30(2)51(31(3)4)60(57-27-13-25-46)59-38-28-41(50-43(52)32(5)42(48-44(50)53)47-40-16-12-26-49(40)6)58-39(38)29-56-45(33-14-10-9-11-15-33,34-17-21-36(54-7)22-18-34)35-19-23-37(55-8)24-20-35/h9-11,14-15,17-24,30-31,38-39,41H,12-13,16,26-29H2,1-8H3,(H,48,53)/b47-40-/t38-,39+,41+,60?/m0/s1. The second-order valence-electron chi connectivity index (χ2n) is 15.5. The van der Waals surface area contributed by atoms with Gasteiger partial charge in [-0.25, -0.2) is 19.0 Å². The van der Waals surface area contributed by atoms with Crippen LogP contribution in [0.1, 0.15) is 81.9 Å². The molecule has 0 saturated carbocycles. The minimum absolute atomic E-state index is 0.0252. The van der Waals surface area contributed by atoms with Crippen molar-refractivity contribution < 1.29 is 28.0 Å². The molecule has 1 N–H and O–H groups in total. The molecule has 0 aliphatic carbocycles. The number of benzene rings is 3. The number of aromatic nitrogens is 2. The van der Waals surface area contributed by atoms with Crippen molar-refractivity contribution in [2.24, 2.45) is 4.99 Å². The van der Waals surface area contributed by atoms with Gasteiger partial charge < -0.3 is 32.9 Å². The van der Waals surface area contributed by atoms with Gasteiger partial charge in [-0.2, -0.15) is 5.26 Å². The molecule has 6 rings (SSSR count). The third-order valence-electron chi connectivity index (χ3n) is 10.9. The van der Waals surface area contributed by atoms with Gasteiger partial charge in [-0.05, 0) is 82.0 Å². The highest BCUT2D eigenvalue weighted by molar-refractivity contribution is 7.44. The van der Waals surface area contributed by atoms with E-state index in [9.17, 15) is 14.9 Å². The number of nitriles is 1. The fourth-order valence-electron chi connectivity index (χ4n) is 7.88. The second kappa shape index (κ2) is 20.1. The number of hydrogen-bond donors (Lipinski definition) is 1. The average molecular weight is 841 g/mol. The van der Waals surface area contributed by atoms with Gasteiger partial charge >= 0.3 is 5.69 Å². The third-order valence-corrected chi connectivity index (χ3v) is 13.1. The number of H-pyrrole nitrogens is 1. The highest BCUT2D eigenvalue weighted by atomic mass is 31.2. The molecular formula is C45H57N6O8P. The van der Waals surface area contributed by atoms with E-state index in [1.54, 1.807) is 21.1 Å². The molecule has 1 unspecified atom stereocenters. The molecule has 0 bridgehead atoms. The minimum atomic E-state index is -1.74. The van der Waals surface area contributed by atoms with Crippen LogP contribution in [-0.4, -0.2) is 90.3 Å². The zero-order valence-corrected chi connectivity index (χ0v) is 36.7. The molecule has 3 aromatic carbocycles. The lowest BCUT2D eigenvalue weighted by Gasteiger charge is -2.39. The summed E-state index contributed by atoms with van der Waals surface area (Å²) in [5.41, 5.74) is 0.496. The predicted molar refractivity (Wildman–Crippen MR) is 232 cm³/mol. The number of nitrogens with zero attached hydrogens (tertiary/aromatic N) is 5. The van der Waals surface area contributed by atoms with E-state index in [2.05, 4.69) is 48.4 Å². The van der Waals surface area contributed by atoms with Crippen molar-refractivity contribution in [3.63, 3.8) is 0 Å². The van der Waals surface area contributed by atoms with E-state index in [4.69, 9.17) is 28.0 Å². The SMILES string of the molecule is COc1ccc(C(OC[C@H]2O[C@@H](n3c(=O)[nH]c(/N=C4/CCCN4C)c(C)c3=O)C[C@@H]2OP(OCCC#N)N(C(C)C)C(C)C)(c2ccccc2)c2ccc(OC)cc2)cc1. The molecule has 320 valence electrons. The number of nitrogens with one attached hydrogen (secondary N) is 1. The van der Waals surface area contributed by atoms with Crippen LogP contribution in [-0.2, 0) is 24.1 Å². The average Bonchev–Trinajstić information content (AvgIpc) is 3.84. The lowest BCUT2D eigenvalue weighted by Crippen LogP contribution is -2.40. The Hall–Kier alpha value is -4.87. The van der Waals surface area contributed by atoms with Crippen molar-refractivity contribution in [1.29, 1.82) is 5.26 Å². The van der Waals surface area contributed by atoms with Gasteiger partial charge in [-0.3, -0.25) is 9.78 Å². The van der Waals surface area contributed by atoms with Gasteiger partial charge in [0.2, 0.25) is 0 Å². The van der Waals surface area contributed by atoms with E-state index in [0.717, 1.165) is 46.5 Å². The van der Waals surface area contributed by atoms with Crippen LogP contribution in [0.2, 0.25) is 0 Å². The monoisotopic (exact) mass is 840 g/mol. The number of aliphatic imine (C=N–C) groups is 1. The van der Waals surface area contributed by atoms with Gasteiger partial charge in [0, 0.05) is 38.5 Å². The number of hydrogen-bond acceptors (Lipinski definition) is 11. The number of aromatic amines is 1. The van der Waals surface area contributed by atoms with Crippen LogP contribution in [0.3, 0.4) is 0 Å². The third kappa shape index (κ3) is 9.68. The van der Waals surface area contributed by atoms with E-state index >= 15 is 0 Å². The van der Waals surface area contributed by atoms with Gasteiger partial charge in [0.25, 0.3) is 14.1 Å². The number of methoxy groups -OCH3 is 2. The summed E-state index contributed by atoms with van der Waals surface area (Å²) in [4.78, 5) is 37.6. The van der Waals surface area contributed by atoms with Crippen LogP contribution in [0.5, 0.6) is 11.5 Å². The summed E-state index contributed by atoms with van der Waals surface area (Å²) in [7, 11) is 3.46. The van der Waals surface area contributed by atoms with Crippen molar-refractivity contribution in [3.8, 4) is 17.6 Å². The zero-order valence-electron chi connectivity index (χ0n) is 35.8. The fourth-order valence-corrected chi connectivity index (χ4v) is 9.64. The summed E-state index contributed by atoms with van der Waals surface area (Å²) < 4.78 is 41.7. The van der Waals surface area contributed by atoms with Crippen LogP contribution >= 0.6 is 8.53 Å². The summed E-state index contributed by atoms with van der Waals surface area (Å²) in [5, 5.41) is 9.39. The first-order chi connectivity index (χ1) is 28.9. The largest absolute Gasteiger partial charge is 0.497 e. The Kier molecular flexibility index (Phi) is 15.0. The molecule has 4 aromatic rings. The molecule has 15 heteroatoms. The molecule has 2 aliphatic heterocycles. The highest BCUT2D eigenvalue weighted by Gasteiger charge is 2.45. The molecule has 2 aliphatic rings. The van der Waals surface area contributed by atoms with Crippen molar-refractivity contribution in [2.45, 2.75) is 96.4 Å². The maximum atomic E-state index is 14.2. The van der Waals surface area contributed by atoms with E-state index in [-0.39, 0.29) is 44.0 Å². The highest BCUT2D eigenvalue weighted by Crippen LogP contribution is 2.50. The molecule has 1 aromatic heterocycles. The molecular weight excluding hydrogens is 784 g/mol. The Bertz CT molecular complexity index is 2170. The smallest absolute Gasteiger partial charge is 0.332 e. The molecule has 3 heterocycles. The van der Waals surface area contributed by atoms with E-state index in [0.29, 0.717) is 17.1 Å². The number of amidine groups is 1. The lowest BCUT2D eigenvalue weighted by molar-refractivity contribution is -0.0931. The first-order valence-corrected chi connectivity index (χ1v) is 21.6. The van der Waals surface area contributed by atoms with Crippen molar-refractivity contribution in [1.82, 2.24) is 19.1 Å². The maximum absolute atomic E-state index is 14.2. The Balaban J connectivity index is 1.45. The fraction of sp³-hybridized carbons (Fsp3) is 0.467. The summed E-state index contributed by atoms with van der Waals surface area (Å²) in [6.07, 6.45) is -0.476. The van der Waals surface area contributed by atoms with Crippen LogP contribution in [0, 0.1) is 18.3 Å². The molecule has 0 radical (unpaired) electrons. The maximum Gasteiger partial charge on any atom is 0.332 e. The Labute approximate surface area is 353 Å². The van der Waals surface area contributed by atoms with Crippen LogP contribution in [0.4, 0.5) is 5.82 Å². The summed E-state index contributed by atoms with van der Waals surface area (Å²) in [6, 6.07) is 27.6. The molecule has 2 saturated heterocycles. The summed E-state index contributed by atoms with van der Waals surface area (Å²) in [5.74, 6) is 2.43. The van der Waals surface area contributed by atoms with Gasteiger partial charge in [-0.15, -0.1) is 0 Å². The predicted octanol–water partition coefficient (Wildman–Crippen LogP) is 7.58. The van der Waals surface area contributed by atoms with Gasteiger partial charge in [0.1, 0.15) is 41.1 Å². The van der Waals surface area contributed by atoms with Crippen LogP contribution < -0.4 is 20.7 Å².